The van der Waals surface area contributed by atoms with E-state index in [0.717, 1.165) is 85.7 Å². The molecule has 3 aromatic heterocycles. The molecule has 0 spiro atoms. The summed E-state index contributed by atoms with van der Waals surface area (Å²) in [6, 6.07) is 3.83. The van der Waals surface area contributed by atoms with Crippen LogP contribution in [0.1, 0.15) is 23.4 Å². The maximum absolute atomic E-state index is 5.41. The third-order valence-electron chi connectivity index (χ3n) is 5.02. The summed E-state index contributed by atoms with van der Waals surface area (Å²) in [7, 11) is 0. The molecule has 0 amide bonds. The molecule has 1 saturated heterocycles. The van der Waals surface area contributed by atoms with Gasteiger partial charge in [0.1, 0.15) is 23.0 Å². The maximum atomic E-state index is 5.41. The summed E-state index contributed by atoms with van der Waals surface area (Å²) in [6.45, 7) is 11.7. The van der Waals surface area contributed by atoms with Crippen LogP contribution in [0, 0.1) is 20.8 Å². The zero-order chi connectivity index (χ0) is 18.8. The van der Waals surface area contributed by atoms with Crippen LogP contribution in [0.3, 0.4) is 0 Å². The smallest absolute Gasteiger partial charge is 0.158 e. The third-order valence-corrected chi connectivity index (χ3v) is 5.02. The minimum absolute atomic E-state index is 0.728. The SMILES string of the molecule is Cc1cc(-c2cc3nc(C)c(C)c(NCCCN4CCOCC4)n3n2)no1. The Hall–Kier alpha value is -2.45. The first kappa shape index (κ1) is 17.9. The first-order chi connectivity index (χ1) is 13.1. The molecule has 144 valence electrons. The second-order valence-corrected chi connectivity index (χ2v) is 7.03. The Morgan fingerprint density at radius 3 is 2.67 bits per heavy atom. The zero-order valence-corrected chi connectivity index (χ0v) is 16.2. The summed E-state index contributed by atoms with van der Waals surface area (Å²) in [5.41, 5.74) is 4.41. The number of morpholine rings is 1. The van der Waals surface area contributed by atoms with E-state index >= 15 is 0 Å². The Morgan fingerprint density at radius 1 is 1.11 bits per heavy atom. The largest absolute Gasteiger partial charge is 0.379 e. The van der Waals surface area contributed by atoms with Crippen molar-refractivity contribution in [2.45, 2.75) is 27.2 Å². The molecule has 0 unspecified atom stereocenters. The molecule has 27 heavy (non-hydrogen) atoms. The van der Waals surface area contributed by atoms with Crippen LogP contribution in [-0.4, -0.2) is 64.0 Å². The van der Waals surface area contributed by atoms with Crippen LogP contribution >= 0.6 is 0 Å². The van der Waals surface area contributed by atoms with Crippen LogP contribution in [0.5, 0.6) is 0 Å². The monoisotopic (exact) mass is 370 g/mol. The van der Waals surface area contributed by atoms with Gasteiger partial charge in [-0.1, -0.05) is 5.16 Å². The average molecular weight is 370 g/mol. The van der Waals surface area contributed by atoms with Crippen molar-refractivity contribution in [3.63, 3.8) is 0 Å². The maximum Gasteiger partial charge on any atom is 0.158 e. The van der Waals surface area contributed by atoms with Gasteiger partial charge in [0.25, 0.3) is 0 Å². The quantitative estimate of drug-likeness (QED) is 0.668. The number of hydrogen-bond donors (Lipinski definition) is 1. The summed E-state index contributed by atoms with van der Waals surface area (Å²) >= 11 is 0. The predicted octanol–water partition coefficient (Wildman–Crippen LogP) is 2.44. The molecule has 1 aliphatic rings. The van der Waals surface area contributed by atoms with Crippen molar-refractivity contribution in [1.82, 2.24) is 24.7 Å². The van der Waals surface area contributed by atoms with Gasteiger partial charge < -0.3 is 14.6 Å². The van der Waals surface area contributed by atoms with Crippen molar-refractivity contribution >= 4 is 11.5 Å². The Kier molecular flexibility index (Phi) is 5.09. The highest BCUT2D eigenvalue weighted by molar-refractivity contribution is 5.64. The number of rotatable bonds is 6. The number of aryl methyl sites for hydroxylation is 2. The van der Waals surface area contributed by atoms with Crippen molar-refractivity contribution < 1.29 is 9.26 Å². The topological polar surface area (TPSA) is 80.7 Å². The molecular formula is C19H26N6O2. The van der Waals surface area contributed by atoms with Crippen molar-refractivity contribution in [2.24, 2.45) is 0 Å². The van der Waals surface area contributed by atoms with Crippen LogP contribution in [0.4, 0.5) is 5.82 Å². The van der Waals surface area contributed by atoms with E-state index in [1.165, 1.54) is 0 Å². The van der Waals surface area contributed by atoms with E-state index in [1.54, 1.807) is 0 Å². The molecule has 0 radical (unpaired) electrons. The molecule has 0 aromatic carbocycles. The average Bonchev–Trinajstić information content (AvgIpc) is 3.28. The summed E-state index contributed by atoms with van der Waals surface area (Å²) in [4.78, 5) is 7.12. The van der Waals surface area contributed by atoms with E-state index in [4.69, 9.17) is 14.4 Å². The van der Waals surface area contributed by atoms with Crippen molar-refractivity contribution in [3.8, 4) is 11.4 Å². The molecule has 4 rings (SSSR count). The lowest BCUT2D eigenvalue weighted by molar-refractivity contribution is 0.0378. The molecule has 1 N–H and O–H groups in total. The van der Waals surface area contributed by atoms with E-state index in [-0.39, 0.29) is 0 Å². The number of nitrogens with one attached hydrogen (secondary N) is 1. The van der Waals surface area contributed by atoms with E-state index in [1.807, 2.05) is 30.5 Å². The lowest BCUT2D eigenvalue weighted by Gasteiger charge is -2.26. The fraction of sp³-hybridized carbons (Fsp3) is 0.526. The van der Waals surface area contributed by atoms with Crippen LogP contribution < -0.4 is 5.32 Å². The van der Waals surface area contributed by atoms with Gasteiger partial charge in [0, 0.05) is 43.0 Å². The highest BCUT2D eigenvalue weighted by Crippen LogP contribution is 2.24. The van der Waals surface area contributed by atoms with Crippen LogP contribution in [-0.2, 0) is 4.74 Å². The molecule has 0 aliphatic carbocycles. The summed E-state index contributed by atoms with van der Waals surface area (Å²) < 4.78 is 12.5. The number of ether oxygens (including phenoxy) is 1. The van der Waals surface area contributed by atoms with Gasteiger partial charge in [0.15, 0.2) is 5.65 Å². The number of fused-ring (bicyclic) bond motifs is 1. The van der Waals surface area contributed by atoms with Crippen molar-refractivity contribution in [2.75, 3.05) is 44.7 Å². The lowest BCUT2D eigenvalue weighted by Crippen LogP contribution is -2.37. The standard InChI is InChI=1S/C19H26N6O2/c1-13-11-17(23-27-13)16-12-18-21-15(3)14(2)19(25(18)22-16)20-5-4-6-24-7-9-26-10-8-24/h11-12,20H,4-10H2,1-3H3. The van der Waals surface area contributed by atoms with Gasteiger partial charge in [-0.05, 0) is 33.7 Å². The number of anilines is 1. The van der Waals surface area contributed by atoms with E-state index < -0.39 is 0 Å². The number of hydrogen-bond acceptors (Lipinski definition) is 7. The van der Waals surface area contributed by atoms with Crippen LogP contribution in [0.2, 0.25) is 0 Å². The molecule has 0 saturated carbocycles. The third kappa shape index (κ3) is 3.81. The second kappa shape index (κ2) is 7.66. The van der Waals surface area contributed by atoms with Gasteiger partial charge in [-0.3, -0.25) is 4.90 Å². The fourth-order valence-corrected chi connectivity index (χ4v) is 3.36. The number of aromatic nitrogens is 4. The van der Waals surface area contributed by atoms with Crippen molar-refractivity contribution in [1.29, 1.82) is 0 Å². The zero-order valence-electron chi connectivity index (χ0n) is 16.2. The van der Waals surface area contributed by atoms with Gasteiger partial charge >= 0.3 is 0 Å². The first-order valence-corrected chi connectivity index (χ1v) is 9.46. The van der Waals surface area contributed by atoms with Crippen molar-refractivity contribution in [3.05, 3.63) is 29.2 Å². The van der Waals surface area contributed by atoms with Crippen LogP contribution in [0.25, 0.3) is 17.0 Å². The summed E-state index contributed by atoms with van der Waals surface area (Å²) in [5.74, 6) is 1.76. The van der Waals surface area contributed by atoms with E-state index in [0.29, 0.717) is 0 Å². The minimum Gasteiger partial charge on any atom is -0.379 e. The molecular weight excluding hydrogens is 344 g/mol. The molecule has 0 atom stereocenters. The molecule has 8 heteroatoms. The van der Waals surface area contributed by atoms with Gasteiger partial charge in [-0.2, -0.15) is 9.61 Å². The van der Waals surface area contributed by atoms with Gasteiger partial charge in [-0.15, -0.1) is 0 Å². The number of nitrogens with zero attached hydrogens (tertiary/aromatic N) is 5. The molecule has 4 heterocycles. The highest BCUT2D eigenvalue weighted by atomic mass is 16.5. The normalized spacial score (nSPS) is 15.5. The Bertz CT molecular complexity index is 926. The van der Waals surface area contributed by atoms with Gasteiger partial charge in [0.2, 0.25) is 0 Å². The molecule has 1 aliphatic heterocycles. The Labute approximate surface area is 158 Å². The predicted molar refractivity (Wildman–Crippen MR) is 103 cm³/mol. The Balaban J connectivity index is 1.51. The fourth-order valence-electron chi connectivity index (χ4n) is 3.36. The summed E-state index contributed by atoms with van der Waals surface area (Å²) in [5, 5.41) is 12.3. The second-order valence-electron chi connectivity index (χ2n) is 7.03. The lowest BCUT2D eigenvalue weighted by atomic mass is 10.2. The minimum atomic E-state index is 0.728. The molecule has 0 bridgehead atoms. The van der Waals surface area contributed by atoms with Gasteiger partial charge in [0.05, 0.1) is 13.2 Å². The molecule has 3 aromatic rings. The molecule has 1 fully saturated rings. The van der Waals surface area contributed by atoms with E-state index in [2.05, 4.69) is 27.3 Å². The summed E-state index contributed by atoms with van der Waals surface area (Å²) in [6.07, 6.45) is 1.07. The van der Waals surface area contributed by atoms with Gasteiger partial charge in [-0.25, -0.2) is 4.98 Å². The Morgan fingerprint density at radius 2 is 1.93 bits per heavy atom. The van der Waals surface area contributed by atoms with Crippen LogP contribution in [0.15, 0.2) is 16.7 Å². The first-order valence-electron chi connectivity index (χ1n) is 9.46. The van der Waals surface area contributed by atoms with E-state index in [9.17, 15) is 0 Å². The molecule has 8 nitrogen and oxygen atoms in total. The highest BCUT2D eigenvalue weighted by Gasteiger charge is 2.15.